The molecular weight excluding hydrogens is 193 g/mol. The predicted molar refractivity (Wildman–Crippen MR) is 48.9 cm³/mol. The zero-order valence-electron chi connectivity index (χ0n) is 9.25. The Kier molecular flexibility index (Phi) is 3.42. The molecule has 0 fully saturated rings. The predicted octanol–water partition coefficient (Wildman–Crippen LogP) is 3.58. The van der Waals surface area contributed by atoms with Crippen molar-refractivity contribution in [1.29, 1.82) is 0 Å². The van der Waals surface area contributed by atoms with Gasteiger partial charge in [0.2, 0.25) is 0 Å². The molecule has 14 heavy (non-hydrogen) atoms. The number of hydrogen-bond acceptors (Lipinski definition) is 1. The minimum atomic E-state index is -4.26. The Morgan fingerprint density at radius 2 is 1.43 bits per heavy atom. The summed E-state index contributed by atoms with van der Waals surface area (Å²) in [6.45, 7) is 6.66. The summed E-state index contributed by atoms with van der Waals surface area (Å²) in [5.41, 5.74) is -2.73. The van der Waals surface area contributed by atoms with Crippen molar-refractivity contribution in [3.8, 4) is 0 Å². The Hall–Kier alpha value is -0.540. The normalized spacial score (nSPS) is 14.3. The molecule has 0 saturated carbocycles. The second kappa shape index (κ2) is 3.55. The van der Waals surface area contributed by atoms with Gasteiger partial charge in [-0.25, -0.2) is 0 Å². The van der Waals surface area contributed by atoms with Gasteiger partial charge in [0.25, 0.3) is 0 Å². The van der Waals surface area contributed by atoms with Gasteiger partial charge in [-0.2, -0.15) is 13.2 Å². The van der Waals surface area contributed by atoms with Crippen LogP contribution in [0.1, 0.15) is 41.0 Å². The first-order valence-corrected chi connectivity index (χ1v) is 4.48. The van der Waals surface area contributed by atoms with Crippen molar-refractivity contribution in [3.63, 3.8) is 0 Å². The minimum Gasteiger partial charge on any atom is -0.299 e. The number of carbonyl (C=O) groups is 1. The Morgan fingerprint density at radius 1 is 1.07 bits per heavy atom. The molecule has 84 valence electrons. The van der Waals surface area contributed by atoms with Gasteiger partial charge >= 0.3 is 6.18 Å². The fraction of sp³-hybridized carbons (Fsp3) is 0.900. The molecule has 0 aliphatic heterocycles. The van der Waals surface area contributed by atoms with E-state index in [1.807, 2.05) is 0 Å². The molecule has 0 amide bonds. The van der Waals surface area contributed by atoms with E-state index >= 15 is 0 Å². The molecule has 0 N–H and O–H groups in total. The summed E-state index contributed by atoms with van der Waals surface area (Å²) in [5, 5.41) is 0. The fourth-order valence-corrected chi connectivity index (χ4v) is 1.33. The third-order valence-corrected chi connectivity index (χ3v) is 2.60. The minimum absolute atomic E-state index is 0.182. The second-order valence-corrected chi connectivity index (χ2v) is 5.00. The standard InChI is InChI=1S/C10H17F3O/c1-7(14)8(2,3)6-9(4,5)10(11,12)13/h6H2,1-5H3. The van der Waals surface area contributed by atoms with Crippen LogP contribution in [0.25, 0.3) is 0 Å². The maximum absolute atomic E-state index is 12.5. The van der Waals surface area contributed by atoms with Gasteiger partial charge in [-0.1, -0.05) is 27.7 Å². The first kappa shape index (κ1) is 13.5. The van der Waals surface area contributed by atoms with Gasteiger partial charge in [-0.15, -0.1) is 0 Å². The molecule has 0 aromatic heterocycles. The van der Waals surface area contributed by atoms with Crippen LogP contribution in [0, 0.1) is 10.8 Å². The molecule has 0 unspecified atom stereocenters. The molecule has 0 aliphatic carbocycles. The summed E-state index contributed by atoms with van der Waals surface area (Å²) in [6.07, 6.45) is -4.45. The van der Waals surface area contributed by atoms with Crippen molar-refractivity contribution in [2.75, 3.05) is 0 Å². The molecule has 0 saturated heterocycles. The van der Waals surface area contributed by atoms with E-state index in [0.717, 1.165) is 13.8 Å². The molecule has 0 aromatic carbocycles. The third kappa shape index (κ3) is 3.00. The van der Waals surface area contributed by atoms with Crippen molar-refractivity contribution < 1.29 is 18.0 Å². The van der Waals surface area contributed by atoms with Crippen LogP contribution in [0.15, 0.2) is 0 Å². The van der Waals surface area contributed by atoms with Crippen LogP contribution in [-0.2, 0) is 4.79 Å². The van der Waals surface area contributed by atoms with Crippen LogP contribution in [0.5, 0.6) is 0 Å². The van der Waals surface area contributed by atoms with E-state index in [0.29, 0.717) is 0 Å². The van der Waals surface area contributed by atoms with E-state index in [2.05, 4.69) is 0 Å². The average molecular weight is 210 g/mol. The zero-order chi connectivity index (χ0) is 11.8. The summed E-state index contributed by atoms with van der Waals surface area (Å²) < 4.78 is 37.5. The largest absolute Gasteiger partial charge is 0.394 e. The third-order valence-electron chi connectivity index (χ3n) is 2.60. The van der Waals surface area contributed by atoms with Gasteiger partial charge in [0.05, 0.1) is 5.41 Å². The lowest BCUT2D eigenvalue weighted by Gasteiger charge is -2.34. The molecular formula is C10H17F3O. The molecule has 0 aliphatic rings. The van der Waals surface area contributed by atoms with Crippen molar-refractivity contribution in [2.45, 2.75) is 47.2 Å². The highest BCUT2D eigenvalue weighted by Gasteiger charge is 2.50. The van der Waals surface area contributed by atoms with Gasteiger partial charge in [0.1, 0.15) is 5.78 Å². The lowest BCUT2D eigenvalue weighted by molar-refractivity contribution is -0.220. The molecule has 0 radical (unpaired) electrons. The van der Waals surface area contributed by atoms with E-state index in [1.54, 1.807) is 13.8 Å². The summed E-state index contributed by atoms with van der Waals surface area (Å²) in [5.74, 6) is -0.213. The smallest absolute Gasteiger partial charge is 0.299 e. The number of rotatable bonds is 3. The first-order chi connectivity index (χ1) is 5.90. The Balaban J connectivity index is 4.76. The summed E-state index contributed by atoms with van der Waals surface area (Å²) >= 11 is 0. The van der Waals surface area contributed by atoms with Crippen LogP contribution < -0.4 is 0 Å². The molecule has 0 spiro atoms. The Labute approximate surface area is 82.7 Å². The van der Waals surface area contributed by atoms with Crippen LogP contribution >= 0.6 is 0 Å². The lowest BCUT2D eigenvalue weighted by Crippen LogP contribution is -2.38. The van der Waals surface area contributed by atoms with Crippen molar-refractivity contribution in [3.05, 3.63) is 0 Å². The van der Waals surface area contributed by atoms with E-state index in [4.69, 9.17) is 0 Å². The average Bonchev–Trinajstić information content (AvgIpc) is 1.80. The van der Waals surface area contributed by atoms with E-state index in [9.17, 15) is 18.0 Å². The molecule has 1 nitrogen and oxygen atoms in total. The number of ketones is 1. The number of halogens is 3. The topological polar surface area (TPSA) is 17.1 Å². The summed E-state index contributed by atoms with van der Waals surface area (Å²) in [4.78, 5) is 11.1. The highest BCUT2D eigenvalue weighted by Crippen LogP contribution is 2.45. The molecule has 0 bridgehead atoms. The lowest BCUT2D eigenvalue weighted by atomic mass is 9.73. The number of Topliss-reactive ketones (excluding diaryl/α,β-unsaturated/α-hetero) is 1. The molecule has 0 atom stereocenters. The Morgan fingerprint density at radius 3 is 1.64 bits per heavy atom. The van der Waals surface area contributed by atoms with Gasteiger partial charge in [-0.05, 0) is 13.3 Å². The van der Waals surface area contributed by atoms with Crippen LogP contribution in [0.4, 0.5) is 13.2 Å². The second-order valence-electron chi connectivity index (χ2n) is 5.00. The van der Waals surface area contributed by atoms with Crippen molar-refractivity contribution in [2.24, 2.45) is 10.8 Å². The molecule has 0 aromatic rings. The first-order valence-electron chi connectivity index (χ1n) is 4.48. The monoisotopic (exact) mass is 210 g/mol. The maximum atomic E-state index is 12.5. The zero-order valence-corrected chi connectivity index (χ0v) is 9.25. The number of hydrogen-bond donors (Lipinski definition) is 0. The molecule has 0 rings (SSSR count). The van der Waals surface area contributed by atoms with E-state index < -0.39 is 17.0 Å². The van der Waals surface area contributed by atoms with Crippen LogP contribution in [0.2, 0.25) is 0 Å². The van der Waals surface area contributed by atoms with Gasteiger partial charge < -0.3 is 0 Å². The van der Waals surface area contributed by atoms with Crippen molar-refractivity contribution >= 4 is 5.78 Å². The SMILES string of the molecule is CC(=O)C(C)(C)CC(C)(C)C(F)(F)F. The maximum Gasteiger partial charge on any atom is 0.394 e. The highest BCUT2D eigenvalue weighted by molar-refractivity contribution is 5.81. The van der Waals surface area contributed by atoms with Gasteiger partial charge in [0.15, 0.2) is 0 Å². The van der Waals surface area contributed by atoms with E-state index in [1.165, 1.54) is 6.92 Å². The molecule has 4 heteroatoms. The summed E-state index contributed by atoms with van der Waals surface area (Å²) in [7, 11) is 0. The molecule has 0 heterocycles. The highest BCUT2D eigenvalue weighted by atomic mass is 19.4. The van der Waals surface area contributed by atoms with E-state index in [-0.39, 0.29) is 12.2 Å². The summed E-state index contributed by atoms with van der Waals surface area (Å²) in [6, 6.07) is 0. The number of carbonyl (C=O) groups excluding carboxylic acids is 1. The van der Waals surface area contributed by atoms with Gasteiger partial charge in [-0.3, -0.25) is 4.79 Å². The fourth-order valence-electron chi connectivity index (χ4n) is 1.33. The number of alkyl halides is 3. The Bertz CT molecular complexity index is 226. The quantitative estimate of drug-likeness (QED) is 0.695. The van der Waals surface area contributed by atoms with Crippen LogP contribution in [0.3, 0.4) is 0 Å². The van der Waals surface area contributed by atoms with Crippen LogP contribution in [-0.4, -0.2) is 12.0 Å². The van der Waals surface area contributed by atoms with Crippen molar-refractivity contribution in [1.82, 2.24) is 0 Å². The van der Waals surface area contributed by atoms with Gasteiger partial charge in [0, 0.05) is 5.41 Å².